The minimum atomic E-state index is 0.233. The van der Waals surface area contributed by atoms with Crippen LogP contribution in [-0.2, 0) is 0 Å². The second kappa shape index (κ2) is 1.94. The molecule has 0 atom stereocenters. The topological polar surface area (TPSA) is 17.3 Å². The van der Waals surface area contributed by atoms with Crippen molar-refractivity contribution in [3.8, 4) is 0 Å². The van der Waals surface area contributed by atoms with Gasteiger partial charge >= 0.3 is 0 Å². The lowest BCUT2D eigenvalue weighted by Crippen LogP contribution is -2.36. The molecule has 1 radical (unpaired) electrons. The molecule has 1 aliphatic rings. The molecule has 0 saturated carbocycles. The van der Waals surface area contributed by atoms with Crippen molar-refractivity contribution >= 4 is 0 Å². The van der Waals surface area contributed by atoms with Gasteiger partial charge in [0.05, 0.1) is 0 Å². The summed E-state index contributed by atoms with van der Waals surface area (Å²) >= 11 is 0. The summed E-state index contributed by atoms with van der Waals surface area (Å²) in [4.78, 5) is 2.20. The molecule has 0 bridgehead atoms. The highest BCUT2D eigenvalue weighted by Crippen LogP contribution is 2.14. The van der Waals surface area contributed by atoms with E-state index in [2.05, 4.69) is 31.0 Å². The van der Waals surface area contributed by atoms with Crippen molar-refractivity contribution in [2.24, 2.45) is 0 Å². The zero-order valence-electron chi connectivity index (χ0n) is 6.26. The third-order valence-electron chi connectivity index (χ3n) is 1.45. The molecule has 0 spiro atoms. The molecule has 0 saturated heterocycles. The van der Waals surface area contributed by atoms with E-state index in [1.54, 1.807) is 0 Å². The van der Waals surface area contributed by atoms with Crippen LogP contribution in [0.1, 0.15) is 20.8 Å². The Morgan fingerprint density at radius 2 is 2.11 bits per heavy atom. The number of nitrogens with zero attached hydrogens (tertiary/aromatic N) is 2. The van der Waals surface area contributed by atoms with Crippen LogP contribution < -0.4 is 5.32 Å². The molecule has 9 heavy (non-hydrogen) atoms. The second-order valence-electron chi connectivity index (χ2n) is 3.26. The van der Waals surface area contributed by atoms with Crippen LogP contribution in [0.2, 0.25) is 0 Å². The summed E-state index contributed by atoms with van der Waals surface area (Å²) in [6.45, 7) is 7.36. The molecule has 0 aromatic carbocycles. The van der Waals surface area contributed by atoms with E-state index in [0.29, 0.717) is 0 Å². The van der Waals surface area contributed by atoms with Gasteiger partial charge < -0.3 is 4.90 Å². The fourth-order valence-electron chi connectivity index (χ4n) is 0.746. The van der Waals surface area contributed by atoms with E-state index in [1.165, 1.54) is 0 Å². The van der Waals surface area contributed by atoms with Crippen LogP contribution in [-0.4, -0.2) is 17.1 Å². The van der Waals surface area contributed by atoms with Gasteiger partial charge in [0.2, 0.25) is 0 Å². The van der Waals surface area contributed by atoms with Crippen LogP contribution in [0, 0.1) is 0 Å². The average molecular weight is 125 g/mol. The summed E-state index contributed by atoms with van der Waals surface area (Å²) in [7, 11) is 0. The molecular weight excluding hydrogens is 112 g/mol. The van der Waals surface area contributed by atoms with Gasteiger partial charge in [0.15, 0.2) is 0 Å². The lowest BCUT2D eigenvalue weighted by molar-refractivity contribution is 0.214. The summed E-state index contributed by atoms with van der Waals surface area (Å²) in [5.41, 5.74) is 0.233. The maximum atomic E-state index is 4.08. The first-order valence-electron chi connectivity index (χ1n) is 3.21. The van der Waals surface area contributed by atoms with Crippen LogP contribution in [0.15, 0.2) is 12.4 Å². The zero-order chi connectivity index (χ0) is 6.91. The smallest absolute Gasteiger partial charge is 0.110 e. The Labute approximate surface area is 56.5 Å². The highest BCUT2D eigenvalue weighted by molar-refractivity contribution is 4.93. The van der Waals surface area contributed by atoms with Crippen molar-refractivity contribution in [3.63, 3.8) is 0 Å². The quantitative estimate of drug-likeness (QED) is 0.474. The summed E-state index contributed by atoms with van der Waals surface area (Å²) in [5.74, 6) is 0. The normalized spacial score (nSPS) is 18.3. The van der Waals surface area contributed by atoms with Crippen LogP contribution in [0.3, 0.4) is 0 Å². The Morgan fingerprint density at radius 3 is 2.33 bits per heavy atom. The molecule has 2 heteroatoms. The Hall–Kier alpha value is -0.660. The first-order valence-corrected chi connectivity index (χ1v) is 3.21. The molecule has 0 unspecified atom stereocenters. The first kappa shape index (κ1) is 6.46. The van der Waals surface area contributed by atoms with E-state index in [4.69, 9.17) is 0 Å². The van der Waals surface area contributed by atoms with Crippen LogP contribution >= 0.6 is 0 Å². The van der Waals surface area contributed by atoms with Crippen molar-refractivity contribution in [2.45, 2.75) is 26.3 Å². The maximum absolute atomic E-state index is 4.08. The summed E-state index contributed by atoms with van der Waals surface area (Å²) < 4.78 is 0. The Kier molecular flexibility index (Phi) is 1.39. The molecule has 51 valence electrons. The molecule has 0 amide bonds. The SMILES string of the molecule is CC(C)(C)N1C=C[N]C1. The Balaban J connectivity index is 2.53. The molecule has 1 heterocycles. The first-order chi connectivity index (χ1) is 4.11. The van der Waals surface area contributed by atoms with Crippen molar-refractivity contribution in [1.82, 2.24) is 10.2 Å². The van der Waals surface area contributed by atoms with Gasteiger partial charge in [-0.25, -0.2) is 0 Å². The van der Waals surface area contributed by atoms with Gasteiger partial charge in [-0.05, 0) is 20.8 Å². The van der Waals surface area contributed by atoms with Gasteiger partial charge in [-0.2, -0.15) is 0 Å². The van der Waals surface area contributed by atoms with E-state index in [9.17, 15) is 0 Å². The number of hydrogen-bond acceptors (Lipinski definition) is 1. The van der Waals surface area contributed by atoms with Gasteiger partial charge in [0, 0.05) is 17.9 Å². The monoisotopic (exact) mass is 125 g/mol. The lowest BCUT2D eigenvalue weighted by atomic mass is 10.1. The summed E-state index contributed by atoms with van der Waals surface area (Å²) in [6, 6.07) is 0. The van der Waals surface area contributed by atoms with Gasteiger partial charge in [-0.3, -0.25) is 5.32 Å². The Morgan fingerprint density at radius 1 is 1.44 bits per heavy atom. The van der Waals surface area contributed by atoms with Gasteiger partial charge in [0.1, 0.15) is 6.67 Å². The van der Waals surface area contributed by atoms with Gasteiger partial charge in [-0.1, -0.05) is 0 Å². The largest absolute Gasteiger partial charge is 0.352 e. The lowest BCUT2D eigenvalue weighted by Gasteiger charge is -2.30. The van der Waals surface area contributed by atoms with Crippen molar-refractivity contribution < 1.29 is 0 Å². The van der Waals surface area contributed by atoms with E-state index < -0.39 is 0 Å². The third-order valence-corrected chi connectivity index (χ3v) is 1.45. The average Bonchev–Trinajstić information content (AvgIpc) is 2.08. The van der Waals surface area contributed by atoms with Crippen molar-refractivity contribution in [2.75, 3.05) is 6.67 Å². The molecule has 1 aliphatic heterocycles. The summed E-state index contributed by atoms with van der Waals surface area (Å²) in [5, 5.41) is 4.08. The van der Waals surface area contributed by atoms with Crippen LogP contribution in [0.25, 0.3) is 0 Å². The van der Waals surface area contributed by atoms with Crippen LogP contribution in [0.5, 0.6) is 0 Å². The van der Waals surface area contributed by atoms with E-state index in [0.717, 1.165) is 6.67 Å². The minimum Gasteiger partial charge on any atom is -0.352 e. The highest BCUT2D eigenvalue weighted by atomic mass is 15.3. The predicted octanol–water partition coefficient (Wildman–Crippen LogP) is 1.13. The fourth-order valence-corrected chi connectivity index (χ4v) is 0.746. The minimum absolute atomic E-state index is 0.233. The standard InChI is InChI=1S/C7H13N2/c1-7(2,3)9-5-4-8-6-9/h4-5H,6H2,1-3H3. The molecular formula is C7H13N2. The maximum Gasteiger partial charge on any atom is 0.110 e. The van der Waals surface area contributed by atoms with E-state index in [1.807, 2.05) is 12.4 Å². The molecule has 0 fully saturated rings. The molecule has 0 N–H and O–H groups in total. The summed E-state index contributed by atoms with van der Waals surface area (Å²) in [6.07, 6.45) is 3.88. The third kappa shape index (κ3) is 1.37. The van der Waals surface area contributed by atoms with Gasteiger partial charge in [-0.15, -0.1) is 0 Å². The molecule has 0 aromatic heterocycles. The predicted molar refractivity (Wildman–Crippen MR) is 37.7 cm³/mol. The van der Waals surface area contributed by atoms with Crippen molar-refractivity contribution in [3.05, 3.63) is 12.4 Å². The van der Waals surface area contributed by atoms with Gasteiger partial charge in [0.25, 0.3) is 0 Å². The zero-order valence-corrected chi connectivity index (χ0v) is 6.26. The molecule has 0 aromatic rings. The number of hydrogen-bond donors (Lipinski definition) is 0. The van der Waals surface area contributed by atoms with Crippen molar-refractivity contribution in [1.29, 1.82) is 0 Å². The molecule has 2 nitrogen and oxygen atoms in total. The van der Waals surface area contributed by atoms with E-state index in [-0.39, 0.29) is 5.54 Å². The van der Waals surface area contributed by atoms with E-state index >= 15 is 0 Å². The molecule has 0 aliphatic carbocycles. The highest BCUT2D eigenvalue weighted by Gasteiger charge is 2.19. The number of rotatable bonds is 0. The second-order valence-corrected chi connectivity index (χ2v) is 3.26. The molecule has 1 rings (SSSR count). The fraction of sp³-hybridized carbons (Fsp3) is 0.714. The van der Waals surface area contributed by atoms with Crippen LogP contribution in [0.4, 0.5) is 0 Å². The Bertz CT molecular complexity index is 121.